The van der Waals surface area contributed by atoms with Crippen LogP contribution in [0.4, 0.5) is 10.1 Å². The van der Waals surface area contributed by atoms with Crippen molar-refractivity contribution in [3.63, 3.8) is 0 Å². The van der Waals surface area contributed by atoms with E-state index in [1.165, 1.54) is 12.1 Å². The molecule has 3 nitrogen and oxygen atoms in total. The lowest BCUT2D eigenvalue weighted by atomic mass is 9.95. The number of rotatable bonds is 4. The third kappa shape index (κ3) is 4.77. The molecule has 0 spiro atoms. The lowest BCUT2D eigenvalue weighted by molar-refractivity contribution is -0.121. The minimum atomic E-state index is -0.204. The highest BCUT2D eigenvalue weighted by Crippen LogP contribution is 2.21. The number of piperidine rings is 1. The van der Waals surface area contributed by atoms with Gasteiger partial charge >= 0.3 is 0 Å². The van der Waals surface area contributed by atoms with Gasteiger partial charge < -0.3 is 5.32 Å². The van der Waals surface area contributed by atoms with E-state index in [0.29, 0.717) is 0 Å². The molecule has 0 atom stereocenters. The first-order chi connectivity index (χ1) is 11.6. The summed E-state index contributed by atoms with van der Waals surface area (Å²) in [7, 11) is 0. The average molecular weight is 438 g/mol. The van der Waals surface area contributed by atoms with Gasteiger partial charge in [0.25, 0.3) is 0 Å². The van der Waals surface area contributed by atoms with Crippen molar-refractivity contribution in [2.75, 3.05) is 18.4 Å². The number of likely N-dealkylation sites (tertiary alicyclic amines) is 1. The lowest BCUT2D eigenvalue weighted by Gasteiger charge is -2.31. The summed E-state index contributed by atoms with van der Waals surface area (Å²) in [5.41, 5.74) is 1.97. The standard InChI is InChI=1S/C19H20FIN2O/c20-16-3-1-14(2-4-16)13-23-11-9-15(10-12-23)19(24)22-18-7-5-17(21)6-8-18/h1-8,15H,9-13H2,(H,22,24). The van der Waals surface area contributed by atoms with E-state index < -0.39 is 0 Å². The number of hydrogen-bond donors (Lipinski definition) is 1. The first kappa shape index (κ1) is 17.4. The largest absolute Gasteiger partial charge is 0.326 e. The molecule has 1 amide bonds. The summed E-state index contributed by atoms with van der Waals surface area (Å²) in [6, 6.07) is 14.5. The summed E-state index contributed by atoms with van der Waals surface area (Å²) in [5.74, 6) is -0.0314. The fraction of sp³-hybridized carbons (Fsp3) is 0.316. The maximum absolute atomic E-state index is 12.9. The van der Waals surface area contributed by atoms with Crippen molar-refractivity contribution in [2.45, 2.75) is 19.4 Å². The monoisotopic (exact) mass is 438 g/mol. The highest BCUT2D eigenvalue weighted by molar-refractivity contribution is 14.1. The van der Waals surface area contributed by atoms with Crippen molar-refractivity contribution >= 4 is 34.2 Å². The number of anilines is 1. The zero-order valence-corrected chi connectivity index (χ0v) is 15.5. The smallest absolute Gasteiger partial charge is 0.227 e. The fourth-order valence-corrected chi connectivity index (χ4v) is 3.34. The number of amides is 1. The van der Waals surface area contributed by atoms with Gasteiger partial charge in [0.05, 0.1) is 0 Å². The highest BCUT2D eigenvalue weighted by Gasteiger charge is 2.25. The van der Waals surface area contributed by atoms with Crippen LogP contribution in [-0.2, 0) is 11.3 Å². The Labute approximate surface area is 155 Å². The molecule has 1 N–H and O–H groups in total. The molecule has 0 saturated carbocycles. The molecule has 1 aliphatic heterocycles. The van der Waals surface area contributed by atoms with Gasteiger partial charge in [-0.05, 0) is 90.5 Å². The fourth-order valence-electron chi connectivity index (χ4n) is 2.98. The molecule has 3 rings (SSSR count). The third-order valence-corrected chi connectivity index (χ3v) is 5.11. The quantitative estimate of drug-likeness (QED) is 0.723. The van der Waals surface area contributed by atoms with Crippen molar-refractivity contribution < 1.29 is 9.18 Å². The molecule has 0 aliphatic carbocycles. The van der Waals surface area contributed by atoms with Gasteiger partial charge in [0.15, 0.2) is 0 Å². The zero-order valence-electron chi connectivity index (χ0n) is 13.3. The van der Waals surface area contributed by atoms with Crippen LogP contribution in [0, 0.1) is 15.3 Å². The number of carbonyl (C=O) groups excluding carboxylic acids is 1. The summed E-state index contributed by atoms with van der Waals surface area (Å²) in [6.45, 7) is 2.59. The van der Waals surface area contributed by atoms with Gasteiger partial charge in [-0.1, -0.05) is 12.1 Å². The number of hydrogen-bond acceptors (Lipinski definition) is 2. The Morgan fingerprint density at radius 2 is 1.71 bits per heavy atom. The summed E-state index contributed by atoms with van der Waals surface area (Å²) in [5, 5.41) is 3.01. The number of benzene rings is 2. The molecule has 126 valence electrons. The van der Waals surface area contributed by atoms with Crippen LogP contribution in [0.3, 0.4) is 0 Å². The predicted molar refractivity (Wildman–Crippen MR) is 102 cm³/mol. The van der Waals surface area contributed by atoms with Crippen LogP contribution in [0.1, 0.15) is 18.4 Å². The molecule has 0 aromatic heterocycles. The first-order valence-electron chi connectivity index (χ1n) is 8.13. The molecule has 1 heterocycles. The van der Waals surface area contributed by atoms with Gasteiger partial charge in [0.2, 0.25) is 5.91 Å². The molecule has 2 aromatic carbocycles. The summed E-state index contributed by atoms with van der Waals surface area (Å²) in [4.78, 5) is 14.7. The minimum absolute atomic E-state index is 0.0637. The second-order valence-corrected chi connectivity index (χ2v) is 7.42. The van der Waals surface area contributed by atoms with E-state index in [4.69, 9.17) is 0 Å². The number of carbonyl (C=O) groups is 1. The van der Waals surface area contributed by atoms with Crippen molar-refractivity contribution in [3.05, 3.63) is 63.5 Å². The van der Waals surface area contributed by atoms with Crippen molar-refractivity contribution in [1.82, 2.24) is 4.90 Å². The molecule has 0 unspecified atom stereocenters. The molecular weight excluding hydrogens is 418 g/mol. The zero-order chi connectivity index (χ0) is 16.9. The third-order valence-electron chi connectivity index (χ3n) is 4.39. The van der Waals surface area contributed by atoms with Crippen LogP contribution in [0.25, 0.3) is 0 Å². The minimum Gasteiger partial charge on any atom is -0.326 e. The second-order valence-electron chi connectivity index (χ2n) is 6.17. The Hall–Kier alpha value is -1.47. The van der Waals surface area contributed by atoms with Crippen LogP contribution >= 0.6 is 22.6 Å². The molecule has 1 fully saturated rings. The topological polar surface area (TPSA) is 32.3 Å². The van der Waals surface area contributed by atoms with Crippen molar-refractivity contribution in [3.8, 4) is 0 Å². The normalized spacial score (nSPS) is 16.1. The Bertz CT molecular complexity index is 680. The van der Waals surface area contributed by atoms with E-state index in [0.717, 1.165) is 47.3 Å². The Kier molecular flexibility index (Phi) is 5.84. The Morgan fingerprint density at radius 1 is 1.08 bits per heavy atom. The van der Waals surface area contributed by atoms with E-state index in [1.54, 1.807) is 0 Å². The van der Waals surface area contributed by atoms with Crippen molar-refractivity contribution in [2.24, 2.45) is 5.92 Å². The molecule has 5 heteroatoms. The van der Waals surface area contributed by atoms with E-state index in [-0.39, 0.29) is 17.6 Å². The molecule has 0 bridgehead atoms. The van der Waals surface area contributed by atoms with Crippen LogP contribution < -0.4 is 5.32 Å². The van der Waals surface area contributed by atoms with Gasteiger partial charge in [0.1, 0.15) is 5.82 Å². The second kappa shape index (κ2) is 8.07. The van der Waals surface area contributed by atoms with Gasteiger partial charge in [-0.25, -0.2) is 4.39 Å². The van der Waals surface area contributed by atoms with Crippen LogP contribution in [0.5, 0.6) is 0 Å². The maximum atomic E-state index is 12.9. The SMILES string of the molecule is O=C(Nc1ccc(I)cc1)C1CCN(Cc2ccc(F)cc2)CC1. The van der Waals surface area contributed by atoms with Crippen LogP contribution in [0.15, 0.2) is 48.5 Å². The first-order valence-corrected chi connectivity index (χ1v) is 9.21. The highest BCUT2D eigenvalue weighted by atomic mass is 127. The predicted octanol–water partition coefficient (Wildman–Crippen LogP) is 4.28. The lowest BCUT2D eigenvalue weighted by Crippen LogP contribution is -2.37. The van der Waals surface area contributed by atoms with Crippen molar-refractivity contribution in [1.29, 1.82) is 0 Å². The van der Waals surface area contributed by atoms with Gasteiger partial charge in [-0.3, -0.25) is 9.69 Å². The molecule has 2 aromatic rings. The van der Waals surface area contributed by atoms with E-state index in [1.807, 2.05) is 36.4 Å². The van der Waals surface area contributed by atoms with Crippen LogP contribution in [0.2, 0.25) is 0 Å². The summed E-state index contributed by atoms with van der Waals surface area (Å²) >= 11 is 2.25. The number of halogens is 2. The summed E-state index contributed by atoms with van der Waals surface area (Å²) in [6.07, 6.45) is 1.72. The van der Waals surface area contributed by atoms with Gasteiger partial charge in [-0.2, -0.15) is 0 Å². The number of nitrogens with one attached hydrogen (secondary N) is 1. The molecule has 1 saturated heterocycles. The maximum Gasteiger partial charge on any atom is 0.227 e. The van der Waals surface area contributed by atoms with E-state index in [2.05, 4.69) is 32.8 Å². The molecule has 24 heavy (non-hydrogen) atoms. The van der Waals surface area contributed by atoms with Gasteiger partial charge in [0, 0.05) is 21.7 Å². The van der Waals surface area contributed by atoms with E-state index >= 15 is 0 Å². The summed E-state index contributed by atoms with van der Waals surface area (Å²) < 4.78 is 14.1. The Balaban J connectivity index is 1.48. The van der Waals surface area contributed by atoms with Gasteiger partial charge in [-0.15, -0.1) is 0 Å². The average Bonchev–Trinajstić information content (AvgIpc) is 2.59. The number of nitrogens with zero attached hydrogens (tertiary/aromatic N) is 1. The van der Waals surface area contributed by atoms with Crippen LogP contribution in [-0.4, -0.2) is 23.9 Å². The Morgan fingerprint density at radius 3 is 2.33 bits per heavy atom. The molecule has 1 aliphatic rings. The van der Waals surface area contributed by atoms with E-state index in [9.17, 15) is 9.18 Å². The molecular formula is C19H20FIN2O. The molecule has 0 radical (unpaired) electrons.